The van der Waals surface area contributed by atoms with Crippen molar-refractivity contribution in [2.24, 2.45) is 11.7 Å². The van der Waals surface area contributed by atoms with Crippen molar-refractivity contribution in [1.82, 2.24) is 0 Å². The van der Waals surface area contributed by atoms with E-state index in [2.05, 4.69) is 0 Å². The Hall–Kier alpha value is -0.0361. The van der Waals surface area contributed by atoms with Crippen LogP contribution in [-0.4, -0.2) is 55.3 Å². The molecule has 0 aliphatic heterocycles. The number of nitrogens with zero attached hydrogens (tertiary/aromatic N) is 1. The van der Waals surface area contributed by atoms with Gasteiger partial charge >= 0.3 is 5.97 Å². The molecule has 0 rings (SSSR count). The summed E-state index contributed by atoms with van der Waals surface area (Å²) in [5.74, 6) is -2.56. The van der Waals surface area contributed by atoms with E-state index in [0.717, 1.165) is 0 Å². The quantitative estimate of drug-likeness (QED) is 0.444. The molecule has 18 heavy (non-hydrogen) atoms. The van der Waals surface area contributed by atoms with Crippen molar-refractivity contribution in [3.63, 3.8) is 0 Å². The van der Waals surface area contributed by atoms with Crippen molar-refractivity contribution >= 4 is 11.9 Å². The van der Waals surface area contributed by atoms with Gasteiger partial charge in [0.15, 0.2) is 0 Å². The first-order chi connectivity index (χ1) is 7.11. The minimum Gasteiger partial charge on any atom is -0.550 e. The fourth-order valence-electron chi connectivity index (χ4n) is 1.69. The van der Waals surface area contributed by atoms with Crippen molar-refractivity contribution in [2.75, 3.05) is 27.7 Å². The third-order valence-electron chi connectivity index (χ3n) is 2.17. The maximum atomic E-state index is 10.6. The predicted molar refractivity (Wildman–Crippen MR) is 62.7 cm³/mol. The van der Waals surface area contributed by atoms with Crippen LogP contribution in [-0.2, 0) is 42.3 Å². The predicted octanol–water partition coefficient (Wildman–Crippen LogP) is -1.30. The third-order valence-corrected chi connectivity index (χ3v) is 2.17. The van der Waals surface area contributed by atoms with E-state index in [1.165, 1.54) is 0 Å². The fraction of sp³-hybridized carbons (Fsp3) is 0.727. The molecular weight excluding hydrogens is 313 g/mol. The molecule has 0 bridgehead atoms. The zero-order chi connectivity index (χ0) is 12.9. The molecule has 0 spiro atoms. The number of carbonyl (C=O) groups excluding carboxylic acids is 1. The molecule has 0 saturated carbocycles. The summed E-state index contributed by atoms with van der Waals surface area (Å²) in [5.41, 5.74) is 5.39. The summed E-state index contributed by atoms with van der Waals surface area (Å²) >= 11 is 0. The number of aliphatic carboxylic acids is 2. The van der Waals surface area contributed by atoms with Gasteiger partial charge in [-0.1, -0.05) is 0 Å². The molecule has 105 valence electrons. The molecule has 0 aromatic carbocycles. The Morgan fingerprint density at radius 2 is 1.78 bits per heavy atom. The molecule has 0 fully saturated rings. The number of carbonyl (C=O) groups is 2. The van der Waals surface area contributed by atoms with Crippen LogP contribution in [0, 0.1) is 13.3 Å². The van der Waals surface area contributed by atoms with Crippen LogP contribution in [0.5, 0.6) is 0 Å². The normalized spacial score (nSPS) is 13.8. The second-order valence-corrected chi connectivity index (χ2v) is 5.10. The molecule has 0 aliphatic rings. The van der Waals surface area contributed by atoms with Gasteiger partial charge in [0.2, 0.25) is 0 Å². The van der Waals surface area contributed by atoms with Gasteiger partial charge in [0.05, 0.1) is 27.7 Å². The second kappa shape index (κ2) is 9.84. The number of hydrogen-bond donors (Lipinski definition) is 2. The van der Waals surface area contributed by atoms with Crippen LogP contribution >= 0.6 is 0 Å². The minimum atomic E-state index is -1.17. The maximum Gasteiger partial charge on any atom is 0.320 e. The molecule has 0 heterocycles. The Morgan fingerprint density at radius 1 is 1.33 bits per heavy atom. The van der Waals surface area contributed by atoms with Crippen LogP contribution in [0.4, 0.5) is 0 Å². The van der Waals surface area contributed by atoms with Gasteiger partial charge < -0.3 is 32.7 Å². The van der Waals surface area contributed by atoms with Gasteiger partial charge in [-0.25, -0.2) is 0 Å². The molecule has 1 radical (unpaired) electrons. The first kappa shape index (κ1) is 23.1. The molecule has 3 N–H and O–H groups in total. The smallest absolute Gasteiger partial charge is 0.320 e. The number of carboxylic acid groups (broad SMARTS) is 2. The number of quaternary nitrogens is 1. The van der Waals surface area contributed by atoms with E-state index in [9.17, 15) is 14.7 Å². The number of hydrogen-bond acceptors (Lipinski definition) is 4. The Balaban J connectivity index is -0.00000112. The van der Waals surface area contributed by atoms with Crippen LogP contribution in [0.1, 0.15) is 12.8 Å². The van der Waals surface area contributed by atoms with E-state index in [-0.39, 0.29) is 58.9 Å². The SMILES string of the molecule is C[N+](C)(C)CC(CC(=O)[O-])CC(N)C(=O)O.[CH3-].[Y]. The Labute approximate surface area is 134 Å². The Kier molecular flexibility index (Phi) is 12.6. The topological polar surface area (TPSA) is 103 Å². The van der Waals surface area contributed by atoms with Gasteiger partial charge in [0, 0.05) is 44.6 Å². The van der Waals surface area contributed by atoms with Crippen LogP contribution in [0.2, 0.25) is 0 Å². The molecular formula is C11H23N2O4Y-. The van der Waals surface area contributed by atoms with E-state index < -0.39 is 18.0 Å². The Morgan fingerprint density at radius 3 is 2.06 bits per heavy atom. The van der Waals surface area contributed by atoms with Gasteiger partial charge in [0.1, 0.15) is 6.04 Å². The molecule has 0 amide bonds. The number of carboxylic acids is 2. The fourth-order valence-corrected chi connectivity index (χ4v) is 1.69. The minimum absolute atomic E-state index is 0. The largest absolute Gasteiger partial charge is 0.550 e. The van der Waals surface area contributed by atoms with Crippen molar-refractivity contribution in [1.29, 1.82) is 0 Å². The van der Waals surface area contributed by atoms with E-state index in [4.69, 9.17) is 10.8 Å². The van der Waals surface area contributed by atoms with Crippen LogP contribution < -0.4 is 10.8 Å². The summed E-state index contributed by atoms with van der Waals surface area (Å²) in [6, 6.07) is -1.02. The Bertz CT molecular complexity index is 266. The van der Waals surface area contributed by atoms with Gasteiger partial charge in [-0.3, -0.25) is 4.79 Å². The molecule has 2 atom stereocenters. The zero-order valence-corrected chi connectivity index (χ0v) is 14.4. The molecule has 0 aromatic heterocycles. The molecule has 2 unspecified atom stereocenters. The van der Waals surface area contributed by atoms with Crippen LogP contribution in [0.25, 0.3) is 0 Å². The van der Waals surface area contributed by atoms with E-state index >= 15 is 0 Å². The van der Waals surface area contributed by atoms with Gasteiger partial charge in [-0.05, 0) is 12.8 Å². The second-order valence-electron chi connectivity index (χ2n) is 5.10. The van der Waals surface area contributed by atoms with Gasteiger partial charge in [-0.15, -0.1) is 0 Å². The molecule has 6 nitrogen and oxygen atoms in total. The summed E-state index contributed by atoms with van der Waals surface area (Å²) in [5, 5.41) is 19.2. The standard InChI is InChI=1S/C10H20N2O4.CH3.Y/c1-12(2,3)6-7(5-9(13)14)4-8(11)10(15)16;;/h7-8H,4-6,11H2,1-3H3,(H-,13,14,15,16);1H3;/q;-1;. The third kappa shape index (κ3) is 12.4. The summed E-state index contributed by atoms with van der Waals surface area (Å²) in [6.45, 7) is 0.551. The summed E-state index contributed by atoms with van der Waals surface area (Å²) in [4.78, 5) is 21.1. The van der Waals surface area contributed by atoms with Crippen LogP contribution in [0.3, 0.4) is 0 Å². The monoisotopic (exact) mass is 336 g/mol. The van der Waals surface area contributed by atoms with Crippen molar-refractivity contribution in [3.05, 3.63) is 7.43 Å². The molecule has 0 aliphatic carbocycles. The molecule has 7 heteroatoms. The summed E-state index contributed by atoms with van der Waals surface area (Å²) in [6.07, 6.45) is -0.00463. The average Bonchev–Trinajstić information content (AvgIpc) is 1.98. The summed E-state index contributed by atoms with van der Waals surface area (Å²) < 4.78 is 0.560. The molecule has 0 aromatic rings. The van der Waals surface area contributed by atoms with Gasteiger partial charge in [-0.2, -0.15) is 0 Å². The van der Waals surface area contributed by atoms with Crippen molar-refractivity contribution in [2.45, 2.75) is 18.9 Å². The average molecular weight is 336 g/mol. The molecule has 0 saturated heterocycles. The van der Waals surface area contributed by atoms with Crippen molar-refractivity contribution < 1.29 is 57.0 Å². The zero-order valence-electron chi connectivity index (χ0n) is 11.5. The number of nitrogens with two attached hydrogens (primary N) is 1. The summed E-state index contributed by atoms with van der Waals surface area (Å²) in [7, 11) is 5.73. The van der Waals surface area contributed by atoms with Crippen LogP contribution in [0.15, 0.2) is 0 Å². The van der Waals surface area contributed by atoms with Gasteiger partial charge in [0.25, 0.3) is 0 Å². The van der Waals surface area contributed by atoms with E-state index in [1.807, 2.05) is 21.1 Å². The first-order valence-electron chi connectivity index (χ1n) is 5.10. The van der Waals surface area contributed by atoms with Crippen molar-refractivity contribution in [3.8, 4) is 0 Å². The van der Waals surface area contributed by atoms with E-state index in [1.54, 1.807) is 0 Å². The number of rotatable bonds is 7. The first-order valence-corrected chi connectivity index (χ1v) is 5.10. The van der Waals surface area contributed by atoms with E-state index in [0.29, 0.717) is 11.0 Å². The maximum absolute atomic E-state index is 10.6.